The quantitative estimate of drug-likeness (QED) is 0.138. The summed E-state index contributed by atoms with van der Waals surface area (Å²) in [7, 11) is 0. The Morgan fingerprint density at radius 2 is 1.09 bits per heavy atom. The lowest BCUT2D eigenvalue weighted by molar-refractivity contribution is 1.14. The second-order valence-corrected chi connectivity index (χ2v) is 14.2. The molecule has 0 heterocycles. The molecule has 0 aliphatic heterocycles. The van der Waals surface area contributed by atoms with Gasteiger partial charge in [0.15, 0.2) is 0 Å². The Balaban J connectivity index is 1.17. The van der Waals surface area contributed by atoms with E-state index < -0.39 is 0 Å². The van der Waals surface area contributed by atoms with Gasteiger partial charge in [0.25, 0.3) is 0 Å². The summed E-state index contributed by atoms with van der Waals surface area (Å²) in [5.41, 5.74) is 14.6. The van der Waals surface area contributed by atoms with Gasteiger partial charge in [0, 0.05) is 33.7 Å². The van der Waals surface area contributed by atoms with Crippen LogP contribution in [0.1, 0.15) is 13.3 Å². The van der Waals surface area contributed by atoms with Crippen molar-refractivity contribution in [2.45, 2.75) is 13.3 Å². The lowest BCUT2D eigenvalue weighted by atomic mass is 9.92. The van der Waals surface area contributed by atoms with Crippen molar-refractivity contribution in [2.24, 2.45) is 0 Å². The average Bonchev–Trinajstić information content (AvgIpc) is 3.28. The molecule has 2 heteroatoms. The van der Waals surface area contributed by atoms with E-state index in [1.165, 1.54) is 22.4 Å². The SMILES string of the molecule is C=C/C(=c1/ccccc1=C)N(c1ccccc1)c1ccc(-c2ccc(-c3ccc(N(/C4=C/C\C=C/C=C\C4=C\C)c4ccccc4)cc3)cc2)c(-c2ccccc2)c1. The molecule has 0 unspecified atom stereocenters. The molecule has 0 radical (unpaired) electrons. The smallest absolute Gasteiger partial charge is 0.0533 e. The van der Waals surface area contributed by atoms with Gasteiger partial charge >= 0.3 is 0 Å². The third-order valence-electron chi connectivity index (χ3n) is 10.6. The molecular weight excluding hydrogens is 701 g/mol. The first kappa shape index (κ1) is 37.5. The summed E-state index contributed by atoms with van der Waals surface area (Å²) in [5, 5.41) is 1.99. The Kier molecular flexibility index (Phi) is 11.4. The highest BCUT2D eigenvalue weighted by Gasteiger charge is 2.19. The lowest BCUT2D eigenvalue weighted by Crippen LogP contribution is -2.31. The predicted molar refractivity (Wildman–Crippen MR) is 249 cm³/mol. The lowest BCUT2D eigenvalue weighted by Gasteiger charge is -2.29. The number of allylic oxidation sites excluding steroid dienone is 6. The van der Waals surface area contributed by atoms with Gasteiger partial charge < -0.3 is 9.80 Å². The zero-order valence-electron chi connectivity index (χ0n) is 32.9. The Labute approximate surface area is 343 Å². The predicted octanol–water partition coefficient (Wildman–Crippen LogP) is 13.7. The zero-order valence-corrected chi connectivity index (χ0v) is 32.9. The fraction of sp³-hybridized carbons (Fsp3) is 0.0357. The summed E-state index contributed by atoms with van der Waals surface area (Å²) in [6, 6.07) is 64.6. The minimum absolute atomic E-state index is 0.865. The van der Waals surface area contributed by atoms with Crippen LogP contribution in [-0.2, 0) is 0 Å². The topological polar surface area (TPSA) is 6.48 Å². The van der Waals surface area contributed by atoms with Gasteiger partial charge in [0.1, 0.15) is 0 Å². The maximum atomic E-state index is 4.36. The second-order valence-electron chi connectivity index (χ2n) is 14.2. The van der Waals surface area contributed by atoms with E-state index in [1.54, 1.807) is 0 Å². The van der Waals surface area contributed by atoms with E-state index in [9.17, 15) is 0 Å². The van der Waals surface area contributed by atoms with Crippen LogP contribution in [0.2, 0.25) is 0 Å². The van der Waals surface area contributed by atoms with E-state index >= 15 is 0 Å². The molecule has 280 valence electrons. The van der Waals surface area contributed by atoms with Gasteiger partial charge in [0.2, 0.25) is 0 Å². The van der Waals surface area contributed by atoms with Crippen molar-refractivity contribution in [3.8, 4) is 33.4 Å². The molecule has 1 aliphatic rings. The highest BCUT2D eigenvalue weighted by atomic mass is 15.2. The van der Waals surface area contributed by atoms with Gasteiger partial charge in [-0.2, -0.15) is 0 Å². The number of para-hydroxylation sites is 2. The molecule has 1 aliphatic carbocycles. The highest BCUT2D eigenvalue weighted by Crippen LogP contribution is 2.40. The number of rotatable bonds is 10. The molecule has 8 rings (SSSR count). The van der Waals surface area contributed by atoms with Gasteiger partial charge in [-0.05, 0) is 112 Å². The Morgan fingerprint density at radius 3 is 1.74 bits per heavy atom. The van der Waals surface area contributed by atoms with Crippen molar-refractivity contribution < 1.29 is 0 Å². The summed E-state index contributed by atoms with van der Waals surface area (Å²) in [5.74, 6) is 0. The van der Waals surface area contributed by atoms with Gasteiger partial charge in [-0.25, -0.2) is 0 Å². The number of nitrogens with zero attached hydrogens (tertiary/aromatic N) is 2. The fourth-order valence-electron chi connectivity index (χ4n) is 7.69. The molecule has 0 N–H and O–H groups in total. The van der Waals surface area contributed by atoms with Crippen LogP contribution in [0.15, 0.2) is 242 Å². The van der Waals surface area contributed by atoms with E-state index in [0.717, 1.165) is 67.6 Å². The molecular formula is C56H46N2. The Morgan fingerprint density at radius 1 is 0.534 bits per heavy atom. The molecule has 0 saturated carbocycles. The van der Waals surface area contributed by atoms with Crippen LogP contribution in [0.25, 0.3) is 45.7 Å². The Bertz CT molecular complexity index is 2760. The number of anilines is 4. The van der Waals surface area contributed by atoms with Gasteiger partial charge in [-0.15, -0.1) is 0 Å². The molecule has 7 aromatic carbocycles. The van der Waals surface area contributed by atoms with Crippen molar-refractivity contribution in [1.82, 2.24) is 0 Å². The largest absolute Gasteiger partial charge is 0.310 e. The monoisotopic (exact) mass is 746 g/mol. The molecule has 2 nitrogen and oxygen atoms in total. The molecule has 7 aromatic rings. The van der Waals surface area contributed by atoms with Crippen molar-refractivity contribution in [3.05, 3.63) is 253 Å². The summed E-state index contributed by atoms with van der Waals surface area (Å²) in [4.78, 5) is 4.63. The van der Waals surface area contributed by atoms with Gasteiger partial charge in [0.05, 0.1) is 5.70 Å². The normalized spacial score (nSPS) is 15.6. The van der Waals surface area contributed by atoms with Crippen molar-refractivity contribution in [3.63, 3.8) is 0 Å². The van der Waals surface area contributed by atoms with Crippen LogP contribution in [-0.4, -0.2) is 0 Å². The summed E-state index contributed by atoms with van der Waals surface area (Å²) >= 11 is 0. The molecule has 58 heavy (non-hydrogen) atoms. The van der Waals surface area contributed by atoms with E-state index in [0.29, 0.717) is 0 Å². The highest BCUT2D eigenvalue weighted by molar-refractivity contribution is 5.91. The first-order valence-electron chi connectivity index (χ1n) is 19.8. The van der Waals surface area contributed by atoms with E-state index in [-0.39, 0.29) is 0 Å². The molecule has 0 saturated heterocycles. The molecule has 0 amide bonds. The second kappa shape index (κ2) is 17.6. The number of hydrogen-bond acceptors (Lipinski definition) is 2. The minimum Gasteiger partial charge on any atom is -0.310 e. The zero-order chi connectivity index (χ0) is 39.7. The minimum atomic E-state index is 0.865. The van der Waals surface area contributed by atoms with Crippen LogP contribution < -0.4 is 20.2 Å². The van der Waals surface area contributed by atoms with Crippen molar-refractivity contribution in [2.75, 3.05) is 9.80 Å². The summed E-state index contributed by atoms with van der Waals surface area (Å²) in [6.07, 6.45) is 15.9. The van der Waals surface area contributed by atoms with Crippen molar-refractivity contribution >= 4 is 35.0 Å². The van der Waals surface area contributed by atoms with E-state index in [4.69, 9.17) is 0 Å². The maximum absolute atomic E-state index is 4.36. The molecule has 0 spiro atoms. The summed E-state index contributed by atoms with van der Waals surface area (Å²) in [6.45, 7) is 10.7. The van der Waals surface area contributed by atoms with Crippen molar-refractivity contribution in [1.29, 1.82) is 0 Å². The van der Waals surface area contributed by atoms with Crippen LogP contribution in [0.3, 0.4) is 0 Å². The van der Waals surface area contributed by atoms with Crippen LogP contribution in [0, 0.1) is 0 Å². The molecule has 0 aromatic heterocycles. The van der Waals surface area contributed by atoms with E-state index in [2.05, 4.69) is 230 Å². The van der Waals surface area contributed by atoms with E-state index in [1.807, 2.05) is 24.3 Å². The number of hydrogen-bond donors (Lipinski definition) is 0. The maximum Gasteiger partial charge on any atom is 0.0533 e. The third-order valence-corrected chi connectivity index (χ3v) is 10.6. The van der Waals surface area contributed by atoms with Crippen LogP contribution >= 0.6 is 0 Å². The van der Waals surface area contributed by atoms with Crippen LogP contribution in [0.5, 0.6) is 0 Å². The summed E-state index contributed by atoms with van der Waals surface area (Å²) < 4.78 is 0. The van der Waals surface area contributed by atoms with Gasteiger partial charge in [-0.1, -0.05) is 183 Å². The fourth-order valence-corrected chi connectivity index (χ4v) is 7.69. The van der Waals surface area contributed by atoms with Gasteiger partial charge in [-0.3, -0.25) is 0 Å². The average molecular weight is 747 g/mol. The molecule has 0 atom stereocenters. The Hall–Kier alpha value is -7.42. The first-order valence-corrected chi connectivity index (χ1v) is 19.8. The van der Waals surface area contributed by atoms with Crippen LogP contribution in [0.4, 0.5) is 22.7 Å². The third kappa shape index (κ3) is 7.95. The first-order chi connectivity index (χ1) is 28.6. The standard InChI is InChI=1S/C56H46N2/c1-4-43-22-11-6-7-18-30-56(43)57(48-25-14-9-15-26-48)50-37-35-45(36-38-50)44-31-33-47(34-32-44)53-40-39-51(41-54(53)46-23-12-8-13-24-46)58(49-27-16-10-17-28-49)55(5-2)52-29-20-19-21-42(52)3/h4-17,19-41H,2-3,18H2,1H3/b7-6-,22-11-,43-4-,55-52+,56-30+. The molecule has 0 bridgehead atoms. The molecule has 0 fully saturated rings. The number of benzene rings is 7.